The van der Waals surface area contributed by atoms with Crippen molar-refractivity contribution in [1.29, 1.82) is 0 Å². The minimum absolute atomic E-state index is 0.247. The second-order valence-electron chi connectivity index (χ2n) is 3.29. The Morgan fingerprint density at radius 2 is 2.47 bits per heavy atom. The molecule has 0 aliphatic rings. The molecule has 90 valence electrons. The molecule has 0 aliphatic carbocycles. The van der Waals surface area contributed by atoms with Crippen molar-refractivity contribution in [3.8, 4) is 10.7 Å². The van der Waals surface area contributed by atoms with Crippen LogP contribution in [0.3, 0.4) is 0 Å². The molecule has 0 spiro atoms. The molecule has 2 aromatic heterocycles. The van der Waals surface area contributed by atoms with Gasteiger partial charge < -0.3 is 9.26 Å². The first-order valence-corrected chi connectivity index (χ1v) is 6.19. The minimum atomic E-state index is -0.247. The topological polar surface area (TPSA) is 65.2 Å². The summed E-state index contributed by atoms with van der Waals surface area (Å²) in [5.74, 6) is 0.781. The highest BCUT2D eigenvalue weighted by Crippen LogP contribution is 2.21. The molecule has 0 fully saturated rings. The number of aryl methyl sites for hydroxylation is 1. The molecule has 0 aromatic carbocycles. The second-order valence-corrected chi connectivity index (χ2v) is 4.24. The predicted octanol–water partition coefficient (Wildman–Crippen LogP) is 2.29. The van der Waals surface area contributed by atoms with Gasteiger partial charge in [-0.2, -0.15) is 4.98 Å². The zero-order chi connectivity index (χ0) is 12.1. The lowest BCUT2D eigenvalue weighted by Gasteiger charge is -1.97. The molecule has 0 radical (unpaired) electrons. The molecule has 17 heavy (non-hydrogen) atoms. The van der Waals surface area contributed by atoms with E-state index in [1.807, 2.05) is 17.5 Å². The van der Waals surface area contributed by atoms with Crippen molar-refractivity contribution >= 4 is 17.3 Å². The van der Waals surface area contributed by atoms with Crippen LogP contribution in [0.4, 0.5) is 0 Å². The fraction of sp³-hybridized carbons (Fsp3) is 0.364. The lowest BCUT2D eigenvalue weighted by atomic mass is 10.3. The van der Waals surface area contributed by atoms with Crippen LogP contribution in [0, 0.1) is 0 Å². The molecule has 2 rings (SSSR count). The van der Waals surface area contributed by atoms with Gasteiger partial charge in [-0.3, -0.25) is 4.79 Å². The number of carbonyl (C=O) groups is 1. The highest BCUT2D eigenvalue weighted by molar-refractivity contribution is 7.13. The maximum absolute atomic E-state index is 11.1. The van der Waals surface area contributed by atoms with Crippen LogP contribution in [-0.4, -0.2) is 22.7 Å². The summed E-state index contributed by atoms with van der Waals surface area (Å²) in [6.45, 7) is 2.17. The van der Waals surface area contributed by atoms with Gasteiger partial charge in [0.25, 0.3) is 0 Å². The number of nitrogens with zero attached hydrogens (tertiary/aromatic N) is 2. The first-order chi connectivity index (χ1) is 8.29. The summed E-state index contributed by atoms with van der Waals surface area (Å²) < 4.78 is 9.87. The maximum Gasteiger partial charge on any atom is 0.306 e. The van der Waals surface area contributed by atoms with Crippen LogP contribution < -0.4 is 0 Å². The van der Waals surface area contributed by atoms with Crippen molar-refractivity contribution in [3.63, 3.8) is 0 Å². The predicted molar refractivity (Wildman–Crippen MR) is 62.6 cm³/mol. The summed E-state index contributed by atoms with van der Waals surface area (Å²) in [5.41, 5.74) is 0. The van der Waals surface area contributed by atoms with E-state index in [1.54, 1.807) is 18.3 Å². The van der Waals surface area contributed by atoms with Crippen molar-refractivity contribution in [3.05, 3.63) is 23.4 Å². The largest absolute Gasteiger partial charge is 0.466 e. The smallest absolute Gasteiger partial charge is 0.306 e. The monoisotopic (exact) mass is 252 g/mol. The van der Waals surface area contributed by atoms with Crippen molar-refractivity contribution in [1.82, 2.24) is 10.1 Å². The van der Waals surface area contributed by atoms with E-state index in [0.29, 0.717) is 24.7 Å². The highest BCUT2D eigenvalue weighted by atomic mass is 32.1. The Morgan fingerprint density at radius 3 is 3.18 bits per heavy atom. The molecule has 0 saturated heterocycles. The van der Waals surface area contributed by atoms with Crippen LogP contribution in [-0.2, 0) is 16.0 Å². The number of thiophene rings is 1. The minimum Gasteiger partial charge on any atom is -0.466 e. The third kappa shape index (κ3) is 3.13. The molecule has 2 aromatic rings. The Kier molecular flexibility index (Phi) is 3.87. The molecule has 0 bridgehead atoms. The first kappa shape index (κ1) is 11.8. The lowest BCUT2D eigenvalue weighted by Crippen LogP contribution is -2.05. The van der Waals surface area contributed by atoms with E-state index in [-0.39, 0.29) is 12.4 Å². The molecule has 5 nitrogen and oxygen atoms in total. The van der Waals surface area contributed by atoms with Gasteiger partial charge in [-0.05, 0) is 18.4 Å². The normalized spacial score (nSPS) is 10.4. The summed E-state index contributed by atoms with van der Waals surface area (Å²) in [7, 11) is 0. The molecule has 6 heteroatoms. The highest BCUT2D eigenvalue weighted by Gasteiger charge is 2.11. The molecule has 0 atom stereocenters. The van der Waals surface area contributed by atoms with Crippen LogP contribution in [0.15, 0.2) is 22.0 Å². The van der Waals surface area contributed by atoms with Gasteiger partial charge in [0, 0.05) is 6.42 Å². The number of hydrogen-bond acceptors (Lipinski definition) is 6. The van der Waals surface area contributed by atoms with E-state index >= 15 is 0 Å². The van der Waals surface area contributed by atoms with Crippen LogP contribution >= 0.6 is 11.3 Å². The summed E-state index contributed by atoms with van der Waals surface area (Å²) in [6, 6.07) is 3.85. The van der Waals surface area contributed by atoms with Crippen molar-refractivity contribution < 1.29 is 14.1 Å². The second kappa shape index (κ2) is 5.58. The zero-order valence-corrected chi connectivity index (χ0v) is 10.2. The Balaban J connectivity index is 1.93. The molecule has 0 unspecified atom stereocenters. The molecule has 0 amide bonds. The standard InChI is InChI=1S/C11H12N2O3S/c1-2-15-10(14)6-5-9-12-11(13-16-9)8-4-3-7-17-8/h3-4,7H,2,5-6H2,1H3. The van der Waals surface area contributed by atoms with E-state index in [1.165, 1.54) is 0 Å². The molecule has 0 aliphatic heterocycles. The third-order valence-electron chi connectivity index (χ3n) is 2.06. The quantitative estimate of drug-likeness (QED) is 0.764. The molecule has 0 N–H and O–H groups in total. The van der Waals surface area contributed by atoms with E-state index in [2.05, 4.69) is 10.1 Å². The van der Waals surface area contributed by atoms with Gasteiger partial charge in [-0.15, -0.1) is 11.3 Å². The van der Waals surface area contributed by atoms with Crippen molar-refractivity contribution in [2.75, 3.05) is 6.61 Å². The van der Waals surface area contributed by atoms with Gasteiger partial charge in [0.2, 0.25) is 11.7 Å². The van der Waals surface area contributed by atoms with Gasteiger partial charge in [-0.25, -0.2) is 0 Å². The summed E-state index contributed by atoms with van der Waals surface area (Å²) in [6.07, 6.45) is 0.678. The van der Waals surface area contributed by atoms with Crippen molar-refractivity contribution in [2.24, 2.45) is 0 Å². The number of aromatic nitrogens is 2. The van der Waals surface area contributed by atoms with Gasteiger partial charge in [0.15, 0.2) is 0 Å². The van der Waals surface area contributed by atoms with E-state index in [9.17, 15) is 4.79 Å². The number of ether oxygens (including phenoxy) is 1. The summed E-state index contributed by atoms with van der Waals surface area (Å²) >= 11 is 1.55. The Hall–Kier alpha value is -1.69. The van der Waals surface area contributed by atoms with E-state index < -0.39 is 0 Å². The lowest BCUT2D eigenvalue weighted by molar-refractivity contribution is -0.143. The average molecular weight is 252 g/mol. The zero-order valence-electron chi connectivity index (χ0n) is 9.38. The number of carbonyl (C=O) groups excluding carboxylic acids is 1. The van der Waals surface area contributed by atoms with Crippen molar-refractivity contribution in [2.45, 2.75) is 19.8 Å². The van der Waals surface area contributed by atoms with Gasteiger partial charge in [-0.1, -0.05) is 11.2 Å². The van der Waals surface area contributed by atoms with E-state index in [4.69, 9.17) is 9.26 Å². The SMILES string of the molecule is CCOC(=O)CCc1nc(-c2cccs2)no1. The Labute approximate surface area is 102 Å². The average Bonchev–Trinajstić information content (AvgIpc) is 2.97. The Morgan fingerprint density at radius 1 is 1.59 bits per heavy atom. The van der Waals surface area contributed by atoms with E-state index in [0.717, 1.165) is 4.88 Å². The van der Waals surface area contributed by atoms with Gasteiger partial charge >= 0.3 is 5.97 Å². The Bertz CT molecular complexity index is 479. The molecular formula is C11H12N2O3S. The van der Waals surface area contributed by atoms with Crippen LogP contribution in [0.2, 0.25) is 0 Å². The van der Waals surface area contributed by atoms with Crippen LogP contribution in [0.25, 0.3) is 10.7 Å². The van der Waals surface area contributed by atoms with Crippen LogP contribution in [0.5, 0.6) is 0 Å². The number of rotatable bonds is 5. The molecule has 2 heterocycles. The van der Waals surface area contributed by atoms with Gasteiger partial charge in [0.05, 0.1) is 17.9 Å². The summed E-state index contributed by atoms with van der Waals surface area (Å²) in [5, 5.41) is 5.80. The fourth-order valence-corrected chi connectivity index (χ4v) is 1.95. The number of hydrogen-bond donors (Lipinski definition) is 0. The fourth-order valence-electron chi connectivity index (χ4n) is 1.30. The maximum atomic E-state index is 11.1. The number of esters is 1. The van der Waals surface area contributed by atoms with Gasteiger partial charge in [0.1, 0.15) is 0 Å². The third-order valence-corrected chi connectivity index (χ3v) is 2.92. The summed E-state index contributed by atoms with van der Waals surface area (Å²) in [4.78, 5) is 16.3. The molecular weight excluding hydrogens is 240 g/mol. The van der Waals surface area contributed by atoms with Crippen LogP contribution in [0.1, 0.15) is 19.2 Å². The first-order valence-electron chi connectivity index (χ1n) is 5.31. The molecule has 0 saturated carbocycles.